The van der Waals surface area contributed by atoms with Crippen molar-refractivity contribution >= 4 is 33.4 Å². The van der Waals surface area contributed by atoms with Gasteiger partial charge in [0, 0.05) is 25.1 Å². The molecular weight excluding hydrogens is 618 g/mol. The second-order valence-corrected chi connectivity index (χ2v) is 13.7. The summed E-state index contributed by atoms with van der Waals surface area (Å²) in [7, 11) is -3.99. The molecule has 2 atom stereocenters. The molecule has 12 heteroatoms. The second kappa shape index (κ2) is 16.3. The molecule has 3 amide bonds. The number of nitrogens with one attached hydrogen (secondary N) is 3. The average Bonchev–Trinajstić information content (AvgIpc) is 3.06. The number of sulfonamides is 1. The van der Waals surface area contributed by atoms with E-state index in [1.165, 1.54) is 0 Å². The highest BCUT2D eigenvalue weighted by molar-refractivity contribution is 7.89. The lowest BCUT2D eigenvalue weighted by atomic mass is 9.94. The molecule has 0 saturated heterocycles. The van der Waals surface area contributed by atoms with Crippen molar-refractivity contribution in [1.29, 1.82) is 0 Å². The van der Waals surface area contributed by atoms with Crippen LogP contribution in [0.4, 0.5) is 5.69 Å². The smallest absolute Gasteiger partial charge is 0.285 e. The highest BCUT2D eigenvalue weighted by Crippen LogP contribution is 2.34. The number of rotatable bonds is 15. The Morgan fingerprint density at radius 3 is 2.32 bits per heavy atom. The van der Waals surface area contributed by atoms with Crippen molar-refractivity contribution in [3.63, 3.8) is 0 Å². The molecule has 0 aliphatic carbocycles. The van der Waals surface area contributed by atoms with E-state index >= 15 is 0 Å². The highest BCUT2D eigenvalue weighted by atomic mass is 32.2. The van der Waals surface area contributed by atoms with Gasteiger partial charge in [0.1, 0.15) is 5.70 Å². The summed E-state index contributed by atoms with van der Waals surface area (Å²) >= 11 is 0. The standard InChI is InChI=1S/C35H43N5O6S/c1-24(2)16-17-27-13-7-9-15-32(27)47(45,46)37-23-31(41)30(22-25-10-4-3-5-11-25)40-28-14-8-6-12-26(28)18-19-29(40)35(44)39-38-34(43)21-20-33(36)42/h3-15,19,24,30-31,37,41H,16-18,20-23H2,1-2H3,(H2,36,42)(H,38,43)(H,39,44)/t30-,31+/m0/s1. The van der Waals surface area contributed by atoms with Gasteiger partial charge in [0.15, 0.2) is 0 Å². The zero-order valence-electron chi connectivity index (χ0n) is 26.7. The number of carbonyl (C=O) groups excluding carboxylic acids is 3. The normalized spacial score (nSPS) is 14.1. The number of aryl methyl sites for hydroxylation is 1. The second-order valence-electron chi connectivity index (χ2n) is 12.0. The summed E-state index contributed by atoms with van der Waals surface area (Å²) in [5.41, 5.74) is 13.2. The van der Waals surface area contributed by atoms with Crippen molar-refractivity contribution in [2.45, 2.75) is 69.4 Å². The molecule has 0 saturated carbocycles. The molecule has 250 valence electrons. The van der Waals surface area contributed by atoms with E-state index in [4.69, 9.17) is 5.73 Å². The van der Waals surface area contributed by atoms with Crippen LogP contribution < -0.4 is 26.2 Å². The van der Waals surface area contributed by atoms with E-state index in [0.29, 0.717) is 30.0 Å². The van der Waals surface area contributed by atoms with E-state index < -0.39 is 39.9 Å². The predicted molar refractivity (Wildman–Crippen MR) is 180 cm³/mol. The first-order chi connectivity index (χ1) is 22.5. The zero-order chi connectivity index (χ0) is 34.0. The number of hydrogen-bond donors (Lipinski definition) is 5. The van der Waals surface area contributed by atoms with Crippen molar-refractivity contribution in [2.24, 2.45) is 11.7 Å². The third kappa shape index (κ3) is 9.74. The van der Waals surface area contributed by atoms with Crippen LogP contribution in [0.15, 0.2) is 95.5 Å². The topological polar surface area (TPSA) is 171 Å². The summed E-state index contributed by atoms with van der Waals surface area (Å²) in [5.74, 6) is -1.48. The lowest BCUT2D eigenvalue weighted by Gasteiger charge is -2.40. The Morgan fingerprint density at radius 2 is 1.60 bits per heavy atom. The molecule has 0 unspecified atom stereocenters. The molecule has 3 aromatic carbocycles. The van der Waals surface area contributed by atoms with Crippen molar-refractivity contribution in [2.75, 3.05) is 11.4 Å². The summed E-state index contributed by atoms with van der Waals surface area (Å²) < 4.78 is 29.8. The quantitative estimate of drug-likeness (QED) is 0.156. The zero-order valence-corrected chi connectivity index (χ0v) is 27.5. The number of carbonyl (C=O) groups is 3. The number of allylic oxidation sites excluding steroid dienone is 1. The van der Waals surface area contributed by atoms with Gasteiger partial charge < -0.3 is 15.7 Å². The van der Waals surface area contributed by atoms with Crippen LogP contribution in [0.3, 0.4) is 0 Å². The largest absolute Gasteiger partial charge is 0.390 e. The molecule has 6 N–H and O–H groups in total. The van der Waals surface area contributed by atoms with E-state index in [0.717, 1.165) is 17.5 Å². The van der Waals surface area contributed by atoms with Gasteiger partial charge in [-0.05, 0) is 60.4 Å². The number of aliphatic hydroxyl groups excluding tert-OH is 1. The SMILES string of the molecule is CC(C)CCc1ccccc1S(=O)(=O)NC[C@@H](O)[C@H](Cc1ccccc1)N1C(C(=O)NNC(=O)CCC(N)=O)=CCc2ccccc21. The minimum Gasteiger partial charge on any atom is -0.390 e. The first kappa shape index (κ1) is 35.3. The van der Waals surface area contributed by atoms with Gasteiger partial charge in [0.05, 0.1) is 17.0 Å². The van der Waals surface area contributed by atoms with E-state index in [9.17, 15) is 27.9 Å². The van der Waals surface area contributed by atoms with E-state index in [1.54, 1.807) is 29.2 Å². The molecule has 0 aromatic heterocycles. The molecular formula is C35H43N5O6S. The number of para-hydroxylation sites is 1. The minimum absolute atomic E-state index is 0.167. The maximum atomic E-state index is 13.6. The third-order valence-electron chi connectivity index (χ3n) is 7.97. The molecule has 0 fully saturated rings. The number of hydrogen-bond acceptors (Lipinski definition) is 7. The van der Waals surface area contributed by atoms with Crippen LogP contribution in [-0.4, -0.2) is 49.9 Å². The van der Waals surface area contributed by atoms with Crippen LogP contribution in [0.2, 0.25) is 0 Å². The minimum atomic E-state index is -3.99. The average molecular weight is 662 g/mol. The van der Waals surface area contributed by atoms with E-state index in [-0.39, 0.29) is 36.4 Å². The number of aliphatic hydroxyl groups is 1. The number of primary amides is 1. The van der Waals surface area contributed by atoms with E-state index in [1.807, 2.05) is 60.7 Å². The van der Waals surface area contributed by atoms with Crippen LogP contribution in [0.1, 0.15) is 49.8 Å². The molecule has 0 bridgehead atoms. The van der Waals surface area contributed by atoms with Crippen molar-refractivity contribution < 1.29 is 27.9 Å². The maximum absolute atomic E-state index is 13.6. The number of hydrazine groups is 1. The lowest BCUT2D eigenvalue weighted by molar-refractivity contribution is -0.128. The summed E-state index contributed by atoms with van der Waals surface area (Å²) in [5, 5.41) is 11.8. The number of benzene rings is 3. The van der Waals surface area contributed by atoms with Gasteiger partial charge in [-0.1, -0.05) is 86.7 Å². The maximum Gasteiger partial charge on any atom is 0.285 e. The lowest BCUT2D eigenvalue weighted by Crippen LogP contribution is -2.54. The van der Waals surface area contributed by atoms with Crippen LogP contribution in [0.25, 0.3) is 0 Å². The summed E-state index contributed by atoms with van der Waals surface area (Å²) in [4.78, 5) is 38.7. The van der Waals surface area contributed by atoms with Gasteiger partial charge in [-0.25, -0.2) is 13.1 Å². The molecule has 0 spiro atoms. The number of nitrogens with two attached hydrogens (primary N) is 1. The fourth-order valence-corrected chi connectivity index (χ4v) is 6.80. The Bertz CT molecular complexity index is 1690. The summed E-state index contributed by atoms with van der Waals surface area (Å²) in [6.45, 7) is 3.84. The van der Waals surface area contributed by atoms with Crippen LogP contribution in [0, 0.1) is 5.92 Å². The van der Waals surface area contributed by atoms with Gasteiger partial charge in [0.25, 0.3) is 5.91 Å². The molecule has 1 aliphatic heterocycles. The summed E-state index contributed by atoms with van der Waals surface area (Å²) in [6.07, 6.45) is 2.15. The fraction of sp³-hybridized carbons (Fsp3) is 0.343. The van der Waals surface area contributed by atoms with Crippen LogP contribution in [0.5, 0.6) is 0 Å². The Morgan fingerprint density at radius 1 is 0.915 bits per heavy atom. The van der Waals surface area contributed by atoms with Crippen molar-refractivity contribution in [3.05, 3.63) is 107 Å². The Hall–Kier alpha value is -4.52. The van der Waals surface area contributed by atoms with Crippen LogP contribution in [-0.2, 0) is 43.7 Å². The van der Waals surface area contributed by atoms with Gasteiger partial charge in [-0.3, -0.25) is 25.2 Å². The molecule has 1 heterocycles. The molecule has 1 aliphatic rings. The molecule has 47 heavy (non-hydrogen) atoms. The highest BCUT2D eigenvalue weighted by Gasteiger charge is 2.35. The molecule has 0 radical (unpaired) electrons. The van der Waals surface area contributed by atoms with Gasteiger partial charge in [-0.2, -0.15) is 0 Å². The fourth-order valence-electron chi connectivity index (χ4n) is 5.48. The number of anilines is 1. The predicted octanol–water partition coefficient (Wildman–Crippen LogP) is 2.89. The molecule has 11 nitrogen and oxygen atoms in total. The first-order valence-electron chi connectivity index (χ1n) is 15.7. The van der Waals surface area contributed by atoms with Crippen LogP contribution >= 0.6 is 0 Å². The first-order valence-corrected chi connectivity index (χ1v) is 17.2. The van der Waals surface area contributed by atoms with E-state index in [2.05, 4.69) is 29.4 Å². The number of fused-ring (bicyclic) bond motifs is 1. The third-order valence-corrected chi connectivity index (χ3v) is 9.50. The number of nitrogens with zero attached hydrogens (tertiary/aromatic N) is 1. The molecule has 4 rings (SSSR count). The monoisotopic (exact) mass is 661 g/mol. The molecule has 3 aromatic rings. The van der Waals surface area contributed by atoms with Gasteiger partial charge in [0.2, 0.25) is 21.8 Å². The van der Waals surface area contributed by atoms with Gasteiger partial charge >= 0.3 is 0 Å². The van der Waals surface area contributed by atoms with Gasteiger partial charge in [-0.15, -0.1) is 0 Å². The summed E-state index contributed by atoms with van der Waals surface area (Å²) in [6, 6.07) is 22.9. The Labute approximate surface area is 276 Å². The number of amides is 3. The Kier molecular flexibility index (Phi) is 12.3. The van der Waals surface area contributed by atoms with Crippen molar-refractivity contribution in [3.8, 4) is 0 Å². The Balaban J connectivity index is 1.63. The van der Waals surface area contributed by atoms with Crippen molar-refractivity contribution in [1.82, 2.24) is 15.6 Å².